The van der Waals surface area contributed by atoms with E-state index in [0.29, 0.717) is 18.8 Å². The third-order valence-corrected chi connectivity index (χ3v) is 9.70. The van der Waals surface area contributed by atoms with Crippen molar-refractivity contribution in [3.63, 3.8) is 0 Å². The molecule has 3 aliphatic rings. The number of carbonyl (C=O) groups excluding carboxylic acids is 2. The first kappa shape index (κ1) is 29.8. The van der Waals surface area contributed by atoms with Crippen molar-refractivity contribution >= 4 is 21.7 Å². The molecule has 42 heavy (non-hydrogen) atoms. The standard InChI is InChI=1S/C32H38N4O5S/c1-41-27-14-13-24(42(2,39)40)17-23(27)18-34-30-25-15-16-36(20-26(25)32(38)35-19-28(33)37)31(30)29(21-9-5-3-6-10-21)22-11-7-4-8-12-22/h3-14,17,25-26,29-31,34H,15-16,18-20H2,1-2H3,(H2,33,37)(H,35,38)/t25-,26-,30-,31-/m0/s1. The molecular weight excluding hydrogens is 552 g/mol. The fourth-order valence-electron chi connectivity index (χ4n) is 6.71. The number of nitrogens with one attached hydrogen (secondary N) is 2. The number of nitrogens with two attached hydrogens (primary N) is 1. The van der Waals surface area contributed by atoms with Crippen molar-refractivity contribution in [3.05, 3.63) is 95.6 Å². The second-order valence-electron chi connectivity index (χ2n) is 11.2. The first-order valence-corrected chi connectivity index (χ1v) is 16.1. The summed E-state index contributed by atoms with van der Waals surface area (Å²) in [4.78, 5) is 27.4. The van der Waals surface area contributed by atoms with Crippen LogP contribution in [0.5, 0.6) is 5.75 Å². The van der Waals surface area contributed by atoms with Gasteiger partial charge in [0.05, 0.1) is 24.5 Å². The van der Waals surface area contributed by atoms with Gasteiger partial charge in [-0.25, -0.2) is 8.42 Å². The van der Waals surface area contributed by atoms with Crippen LogP contribution in [0.1, 0.15) is 29.0 Å². The molecule has 10 heteroatoms. The van der Waals surface area contributed by atoms with Gasteiger partial charge in [0.25, 0.3) is 0 Å². The Morgan fingerprint density at radius 3 is 2.24 bits per heavy atom. The molecule has 3 aliphatic heterocycles. The van der Waals surface area contributed by atoms with E-state index in [4.69, 9.17) is 10.5 Å². The Morgan fingerprint density at radius 1 is 1.02 bits per heavy atom. The summed E-state index contributed by atoms with van der Waals surface area (Å²) in [5, 5.41) is 6.48. The molecule has 1 unspecified atom stereocenters. The van der Waals surface area contributed by atoms with Crippen LogP contribution >= 0.6 is 0 Å². The maximum atomic E-state index is 13.3. The number of hydrogen-bond donors (Lipinski definition) is 3. The van der Waals surface area contributed by atoms with E-state index in [2.05, 4.69) is 39.8 Å². The molecule has 222 valence electrons. The molecule has 3 saturated heterocycles. The number of amides is 2. The number of benzene rings is 3. The smallest absolute Gasteiger partial charge is 0.236 e. The summed E-state index contributed by atoms with van der Waals surface area (Å²) < 4.78 is 30.3. The molecule has 3 aromatic rings. The summed E-state index contributed by atoms with van der Waals surface area (Å²) in [6.45, 7) is 1.57. The molecule has 3 heterocycles. The molecule has 2 bridgehead atoms. The van der Waals surface area contributed by atoms with Crippen LogP contribution < -0.4 is 21.1 Å². The number of piperidine rings is 3. The van der Waals surface area contributed by atoms with Crippen molar-refractivity contribution in [3.8, 4) is 5.75 Å². The number of sulfone groups is 1. The topological polar surface area (TPSA) is 131 Å². The number of rotatable bonds is 11. The number of fused-ring (bicyclic) bond motifs is 3. The van der Waals surface area contributed by atoms with Gasteiger partial charge in [0, 0.05) is 42.9 Å². The largest absolute Gasteiger partial charge is 0.496 e. The van der Waals surface area contributed by atoms with E-state index in [0.717, 1.165) is 18.5 Å². The van der Waals surface area contributed by atoms with E-state index in [1.165, 1.54) is 17.4 Å². The average Bonchev–Trinajstić information content (AvgIpc) is 3.00. The van der Waals surface area contributed by atoms with Gasteiger partial charge in [-0.05, 0) is 48.2 Å². The SMILES string of the molecule is COc1ccc(S(C)(=O)=O)cc1CN[C@H]1[C@H]2CCN(C[C@@H]2C(=O)NCC(N)=O)[C@H]1C(c1ccccc1)c1ccccc1. The first-order valence-electron chi connectivity index (χ1n) is 14.2. The fraction of sp³-hybridized carbons (Fsp3) is 0.375. The number of nitrogens with zero attached hydrogens (tertiary/aromatic N) is 1. The third-order valence-electron chi connectivity index (χ3n) is 8.59. The van der Waals surface area contributed by atoms with E-state index >= 15 is 0 Å². The normalized spacial score (nSPS) is 23.5. The Bertz CT molecular complexity index is 1480. The minimum atomic E-state index is -3.41. The molecule has 0 saturated carbocycles. The maximum Gasteiger partial charge on any atom is 0.236 e. The van der Waals surface area contributed by atoms with Crippen LogP contribution in [0, 0.1) is 11.8 Å². The van der Waals surface area contributed by atoms with Crippen molar-refractivity contribution < 1.29 is 22.7 Å². The molecule has 0 aromatic heterocycles. The van der Waals surface area contributed by atoms with Gasteiger partial charge in [0.1, 0.15) is 5.75 Å². The lowest BCUT2D eigenvalue weighted by Gasteiger charge is -2.56. The highest BCUT2D eigenvalue weighted by Gasteiger charge is 2.52. The maximum absolute atomic E-state index is 13.3. The zero-order valence-corrected chi connectivity index (χ0v) is 24.7. The highest BCUT2D eigenvalue weighted by Crippen LogP contribution is 2.44. The Hall–Kier alpha value is -3.73. The highest BCUT2D eigenvalue weighted by atomic mass is 32.2. The molecule has 0 radical (unpaired) electrons. The Kier molecular flexibility index (Phi) is 8.96. The van der Waals surface area contributed by atoms with Crippen LogP contribution in [0.3, 0.4) is 0 Å². The molecule has 3 fully saturated rings. The molecule has 4 N–H and O–H groups in total. The Labute approximate surface area is 247 Å². The van der Waals surface area contributed by atoms with Crippen LogP contribution in [0.25, 0.3) is 0 Å². The first-order chi connectivity index (χ1) is 20.2. The van der Waals surface area contributed by atoms with Crippen molar-refractivity contribution in [1.29, 1.82) is 0 Å². The van der Waals surface area contributed by atoms with Crippen molar-refractivity contribution in [2.75, 3.05) is 33.0 Å². The molecule has 0 spiro atoms. The number of ether oxygens (including phenoxy) is 1. The Balaban J connectivity index is 1.54. The average molecular weight is 591 g/mol. The van der Waals surface area contributed by atoms with E-state index in [-0.39, 0.29) is 47.2 Å². The summed E-state index contributed by atoms with van der Waals surface area (Å²) >= 11 is 0. The van der Waals surface area contributed by atoms with Gasteiger partial charge in [-0.3, -0.25) is 14.5 Å². The number of primary amides is 1. The molecule has 2 amide bonds. The van der Waals surface area contributed by atoms with Crippen LogP contribution in [0.4, 0.5) is 0 Å². The summed E-state index contributed by atoms with van der Waals surface area (Å²) in [7, 11) is -1.85. The van der Waals surface area contributed by atoms with Gasteiger partial charge >= 0.3 is 0 Å². The Morgan fingerprint density at radius 2 is 1.67 bits per heavy atom. The van der Waals surface area contributed by atoms with E-state index in [1.54, 1.807) is 25.3 Å². The third kappa shape index (κ3) is 6.35. The zero-order chi connectivity index (χ0) is 29.9. The van der Waals surface area contributed by atoms with Crippen LogP contribution in [-0.4, -0.2) is 70.2 Å². The lowest BCUT2D eigenvalue weighted by Crippen LogP contribution is -2.69. The van der Waals surface area contributed by atoms with Crippen molar-refractivity contribution in [2.24, 2.45) is 17.6 Å². The summed E-state index contributed by atoms with van der Waals surface area (Å²) in [5.41, 5.74) is 8.40. The van der Waals surface area contributed by atoms with E-state index in [1.807, 2.05) is 36.4 Å². The molecule has 3 aromatic carbocycles. The quantitative estimate of drug-likeness (QED) is 0.312. The zero-order valence-electron chi connectivity index (χ0n) is 23.9. The molecule has 9 nitrogen and oxygen atoms in total. The molecular formula is C32H38N4O5S. The molecule has 0 aliphatic carbocycles. The van der Waals surface area contributed by atoms with Crippen LogP contribution in [0.2, 0.25) is 0 Å². The van der Waals surface area contributed by atoms with Gasteiger partial charge in [0.15, 0.2) is 9.84 Å². The summed E-state index contributed by atoms with van der Waals surface area (Å²) in [6, 6.07) is 25.6. The van der Waals surface area contributed by atoms with Crippen molar-refractivity contribution in [2.45, 2.75) is 35.9 Å². The minimum absolute atomic E-state index is 0.0119. The van der Waals surface area contributed by atoms with Crippen molar-refractivity contribution in [1.82, 2.24) is 15.5 Å². The highest BCUT2D eigenvalue weighted by molar-refractivity contribution is 7.90. The lowest BCUT2D eigenvalue weighted by molar-refractivity contribution is -0.136. The van der Waals surface area contributed by atoms with Crippen LogP contribution in [-0.2, 0) is 26.0 Å². The van der Waals surface area contributed by atoms with Gasteiger partial charge < -0.3 is 21.1 Å². The summed E-state index contributed by atoms with van der Waals surface area (Å²) in [6.07, 6.45) is 1.99. The number of hydrogen-bond acceptors (Lipinski definition) is 7. The van der Waals surface area contributed by atoms with Gasteiger partial charge in [0.2, 0.25) is 11.8 Å². The van der Waals surface area contributed by atoms with E-state index < -0.39 is 15.7 Å². The lowest BCUT2D eigenvalue weighted by atomic mass is 9.66. The van der Waals surface area contributed by atoms with Crippen LogP contribution in [0.15, 0.2) is 83.8 Å². The monoisotopic (exact) mass is 590 g/mol. The van der Waals surface area contributed by atoms with Gasteiger partial charge in [-0.1, -0.05) is 60.7 Å². The van der Waals surface area contributed by atoms with E-state index in [9.17, 15) is 18.0 Å². The second kappa shape index (κ2) is 12.6. The molecule has 5 atom stereocenters. The molecule has 6 rings (SSSR count). The fourth-order valence-corrected chi connectivity index (χ4v) is 7.38. The number of methoxy groups -OCH3 is 1. The second-order valence-corrected chi connectivity index (χ2v) is 13.2. The minimum Gasteiger partial charge on any atom is -0.496 e. The van der Waals surface area contributed by atoms with Gasteiger partial charge in [-0.2, -0.15) is 0 Å². The predicted molar refractivity (Wildman–Crippen MR) is 161 cm³/mol. The number of carbonyl (C=O) groups is 2. The van der Waals surface area contributed by atoms with Gasteiger partial charge in [-0.15, -0.1) is 0 Å². The predicted octanol–water partition coefficient (Wildman–Crippen LogP) is 2.31. The summed E-state index contributed by atoms with van der Waals surface area (Å²) in [5.74, 6) is -0.502.